The lowest BCUT2D eigenvalue weighted by molar-refractivity contribution is 0.0309. The van der Waals surface area contributed by atoms with Crippen molar-refractivity contribution in [3.05, 3.63) is 168 Å². The number of carbonyl (C=O) groups excluding carboxylic acids is 4. The van der Waals surface area contributed by atoms with Gasteiger partial charge in [0, 0.05) is 9.79 Å². The van der Waals surface area contributed by atoms with Crippen molar-refractivity contribution < 1.29 is 38.1 Å². The van der Waals surface area contributed by atoms with E-state index in [4.69, 9.17) is 18.9 Å². The number of hydrogen-bond acceptors (Lipinski definition) is 10. The van der Waals surface area contributed by atoms with Gasteiger partial charge in [0.1, 0.15) is 11.5 Å². The molecule has 6 aromatic rings. The van der Waals surface area contributed by atoms with E-state index in [-0.39, 0.29) is 24.1 Å². The zero-order chi connectivity index (χ0) is 52.3. The first-order valence-electron chi connectivity index (χ1n) is 26.8. The lowest BCUT2D eigenvalue weighted by atomic mass is 10.0. The molecule has 0 saturated heterocycles. The predicted molar refractivity (Wildman–Crippen MR) is 303 cm³/mol. The van der Waals surface area contributed by atoms with Crippen LogP contribution < -0.4 is 9.47 Å². The Morgan fingerprint density at radius 3 is 0.973 bits per heavy atom. The van der Waals surface area contributed by atoms with Crippen LogP contribution in [0.4, 0.5) is 0 Å². The van der Waals surface area contributed by atoms with E-state index in [1.807, 2.05) is 134 Å². The molecule has 6 rings (SSSR count). The molecule has 0 aliphatic heterocycles. The van der Waals surface area contributed by atoms with Crippen molar-refractivity contribution >= 4 is 47.4 Å². The second-order valence-corrected chi connectivity index (χ2v) is 21.3. The molecule has 0 aliphatic rings. The smallest absolute Gasteiger partial charge is 0.343 e. The summed E-state index contributed by atoms with van der Waals surface area (Å²) >= 11 is 3.62. The Bertz CT molecular complexity index is 2430. The van der Waals surface area contributed by atoms with Crippen LogP contribution in [-0.4, -0.2) is 47.6 Å². The number of benzene rings is 6. The van der Waals surface area contributed by atoms with Crippen molar-refractivity contribution in [1.82, 2.24) is 0 Å². The summed E-state index contributed by atoms with van der Waals surface area (Å²) in [6.45, 7) is 8.27. The summed E-state index contributed by atoms with van der Waals surface area (Å²) in [4.78, 5) is 53.4. The van der Waals surface area contributed by atoms with Gasteiger partial charge in [0.2, 0.25) is 0 Å². The first-order valence-corrected chi connectivity index (χ1v) is 28.8. The minimum atomic E-state index is -0.398. The summed E-state index contributed by atoms with van der Waals surface area (Å²) in [6, 6.07) is 44.8. The van der Waals surface area contributed by atoms with Crippen molar-refractivity contribution in [2.75, 3.05) is 11.5 Å². The van der Waals surface area contributed by atoms with Gasteiger partial charge in [-0.2, -0.15) is 0 Å². The summed E-state index contributed by atoms with van der Waals surface area (Å²) in [6.07, 6.45) is 17.9. The zero-order valence-corrected chi connectivity index (χ0v) is 45.5. The standard InChI is InChI=1S/C64H74O8S2/c1-5-7-9-15-19-47(3)69-61(65)53-25-21-49(22-26-53)51-29-37-57(38-30-51)71-63(67)55-33-41-59(42-34-55)73-45-17-13-11-12-14-18-46-74-60-43-35-56(36-44-60)64(68)72-58-39-31-52(32-40-58)50-23-27-54(28-24-50)62(66)70-48(4)20-16-10-8-6-2/h21-44,47-48H,5-20,45-46H2,1-4H3. The number of rotatable bonds is 31. The molecule has 8 nitrogen and oxygen atoms in total. The summed E-state index contributed by atoms with van der Waals surface area (Å²) in [7, 11) is 0. The highest BCUT2D eigenvalue weighted by Crippen LogP contribution is 2.28. The van der Waals surface area contributed by atoms with Gasteiger partial charge in [-0.25, -0.2) is 19.2 Å². The average molecular weight is 1040 g/mol. The molecule has 2 unspecified atom stereocenters. The third kappa shape index (κ3) is 19.6. The Hall–Kier alpha value is -6.10. The molecule has 0 radical (unpaired) electrons. The molecule has 0 aliphatic carbocycles. The Labute approximate surface area is 448 Å². The lowest BCUT2D eigenvalue weighted by Gasteiger charge is -2.13. The first-order chi connectivity index (χ1) is 36.1. The van der Waals surface area contributed by atoms with Crippen molar-refractivity contribution in [2.24, 2.45) is 0 Å². The van der Waals surface area contributed by atoms with E-state index in [1.54, 1.807) is 48.5 Å². The highest BCUT2D eigenvalue weighted by atomic mass is 32.2. The number of hydrogen-bond donors (Lipinski definition) is 0. The summed E-state index contributed by atoms with van der Waals surface area (Å²) in [5.41, 5.74) is 5.89. The van der Waals surface area contributed by atoms with Crippen molar-refractivity contribution in [1.29, 1.82) is 0 Å². The van der Waals surface area contributed by atoms with E-state index in [2.05, 4.69) is 13.8 Å². The van der Waals surface area contributed by atoms with E-state index in [0.717, 1.165) is 94.9 Å². The van der Waals surface area contributed by atoms with Crippen molar-refractivity contribution in [3.63, 3.8) is 0 Å². The van der Waals surface area contributed by atoms with Crippen LogP contribution in [0.5, 0.6) is 11.5 Å². The van der Waals surface area contributed by atoms with Crippen LogP contribution in [0.2, 0.25) is 0 Å². The Kier molecular flexibility index (Phi) is 24.4. The molecule has 0 heterocycles. The van der Waals surface area contributed by atoms with Crippen LogP contribution in [0.25, 0.3) is 22.3 Å². The zero-order valence-electron chi connectivity index (χ0n) is 43.8. The number of esters is 4. The number of unbranched alkanes of at least 4 members (excludes halogenated alkanes) is 11. The van der Waals surface area contributed by atoms with Crippen LogP contribution >= 0.6 is 23.5 Å². The van der Waals surface area contributed by atoms with Gasteiger partial charge in [-0.3, -0.25) is 0 Å². The highest BCUT2D eigenvalue weighted by molar-refractivity contribution is 7.99. The predicted octanol–water partition coefficient (Wildman–Crippen LogP) is 17.7. The van der Waals surface area contributed by atoms with Gasteiger partial charge in [0.05, 0.1) is 34.5 Å². The van der Waals surface area contributed by atoms with Gasteiger partial charge in [0.15, 0.2) is 0 Å². The lowest BCUT2D eigenvalue weighted by Crippen LogP contribution is -2.15. The molecule has 2 atom stereocenters. The van der Waals surface area contributed by atoms with Gasteiger partial charge in [-0.15, -0.1) is 23.5 Å². The van der Waals surface area contributed by atoms with Crippen LogP contribution in [0, 0.1) is 0 Å². The van der Waals surface area contributed by atoms with Gasteiger partial charge in [-0.05, 0) is 183 Å². The van der Waals surface area contributed by atoms with Crippen LogP contribution in [0.1, 0.15) is 172 Å². The molecule has 0 bridgehead atoms. The first kappa shape index (κ1) is 57.2. The van der Waals surface area contributed by atoms with E-state index < -0.39 is 11.9 Å². The monoisotopic (exact) mass is 1030 g/mol. The van der Waals surface area contributed by atoms with Gasteiger partial charge < -0.3 is 18.9 Å². The van der Waals surface area contributed by atoms with Crippen LogP contribution in [0.15, 0.2) is 155 Å². The maximum atomic E-state index is 12.9. The Balaban J connectivity index is 0.792. The van der Waals surface area contributed by atoms with E-state index in [1.165, 1.54) is 51.4 Å². The molecule has 0 fully saturated rings. The fourth-order valence-electron chi connectivity index (χ4n) is 8.36. The van der Waals surface area contributed by atoms with Gasteiger partial charge in [0.25, 0.3) is 0 Å². The third-order valence-corrected chi connectivity index (χ3v) is 15.0. The maximum Gasteiger partial charge on any atom is 0.343 e. The van der Waals surface area contributed by atoms with Crippen LogP contribution in [0.3, 0.4) is 0 Å². The molecular weight excluding hydrogens is 961 g/mol. The van der Waals surface area contributed by atoms with Gasteiger partial charge >= 0.3 is 23.9 Å². The molecule has 0 amide bonds. The van der Waals surface area contributed by atoms with Crippen LogP contribution in [-0.2, 0) is 9.47 Å². The minimum Gasteiger partial charge on any atom is -0.459 e. The fourth-order valence-corrected chi connectivity index (χ4v) is 10.2. The van der Waals surface area contributed by atoms with E-state index >= 15 is 0 Å². The van der Waals surface area contributed by atoms with Crippen molar-refractivity contribution in [3.8, 4) is 33.8 Å². The number of ether oxygens (including phenoxy) is 4. The Morgan fingerprint density at radius 1 is 0.351 bits per heavy atom. The highest BCUT2D eigenvalue weighted by Gasteiger charge is 2.16. The quantitative estimate of drug-likeness (QED) is 0.0181. The fraction of sp³-hybridized carbons (Fsp3) is 0.375. The molecule has 6 aromatic carbocycles. The molecule has 0 N–H and O–H groups in total. The second-order valence-electron chi connectivity index (χ2n) is 19.0. The van der Waals surface area contributed by atoms with E-state index in [0.29, 0.717) is 33.8 Å². The molecule has 0 saturated carbocycles. The maximum absolute atomic E-state index is 12.9. The molecule has 10 heteroatoms. The molecular formula is C64H74O8S2. The normalized spacial score (nSPS) is 11.9. The molecule has 0 aromatic heterocycles. The Morgan fingerprint density at radius 2 is 0.635 bits per heavy atom. The van der Waals surface area contributed by atoms with Crippen molar-refractivity contribution in [2.45, 2.75) is 152 Å². The minimum absolute atomic E-state index is 0.104. The summed E-state index contributed by atoms with van der Waals surface area (Å²) < 4.78 is 22.6. The number of carbonyl (C=O) groups is 4. The topological polar surface area (TPSA) is 105 Å². The summed E-state index contributed by atoms with van der Waals surface area (Å²) in [5, 5.41) is 0. The van der Waals surface area contributed by atoms with E-state index in [9.17, 15) is 19.2 Å². The number of thioether (sulfide) groups is 2. The second kappa shape index (κ2) is 31.6. The SMILES string of the molecule is CCCCCCC(C)OC(=O)c1ccc(-c2ccc(OC(=O)c3ccc(SCCCCCCCCSc4ccc(C(=O)Oc5ccc(-c6ccc(C(=O)OC(C)CCCCCC)cc6)cc5)cc4)cc3)cc2)cc1. The van der Waals surface area contributed by atoms with Gasteiger partial charge in [-0.1, -0.05) is 127 Å². The summed E-state index contributed by atoms with van der Waals surface area (Å²) in [5.74, 6) is 1.60. The average Bonchev–Trinajstić information content (AvgIpc) is 3.42. The molecule has 0 spiro atoms. The molecule has 390 valence electrons. The third-order valence-electron chi connectivity index (χ3n) is 12.8. The largest absolute Gasteiger partial charge is 0.459 e. The molecule has 74 heavy (non-hydrogen) atoms.